The van der Waals surface area contributed by atoms with Crippen LogP contribution in [-0.4, -0.2) is 35.6 Å². The molecule has 0 bridgehead atoms. The van der Waals surface area contributed by atoms with Gasteiger partial charge in [0.05, 0.1) is 16.1 Å². The molecule has 5 nitrogen and oxygen atoms in total. The molecule has 2 heterocycles. The van der Waals surface area contributed by atoms with Crippen LogP contribution in [0, 0.1) is 13.8 Å². The van der Waals surface area contributed by atoms with Crippen molar-refractivity contribution in [3.05, 3.63) is 62.9 Å². The lowest BCUT2D eigenvalue weighted by atomic mass is 10.1. The minimum absolute atomic E-state index is 0.187. The Morgan fingerprint density at radius 1 is 1.24 bits per heavy atom. The van der Waals surface area contributed by atoms with Gasteiger partial charge in [0.1, 0.15) is 0 Å². The Balaban J connectivity index is 1.58. The molecule has 1 aliphatic rings. The molecule has 1 aromatic carbocycles. The van der Waals surface area contributed by atoms with Crippen molar-refractivity contribution < 1.29 is 19.1 Å². The van der Waals surface area contributed by atoms with E-state index >= 15 is 0 Å². The molecule has 0 aliphatic carbocycles. The molecule has 29 heavy (non-hydrogen) atoms. The van der Waals surface area contributed by atoms with Crippen LogP contribution >= 0.6 is 23.2 Å². The first-order chi connectivity index (χ1) is 13.8. The molecule has 0 N–H and O–H groups in total. The standard InChI is InChI=1S/C22H23Cl2NO4/c1-14-10-18(15(2)25(14)12-17-4-3-9-28-17)21(26)13-29-22(27)8-6-16-5-7-19(23)20(24)11-16/h5-8,10-11,17H,3-4,9,12-13H2,1-2H3. The second kappa shape index (κ2) is 9.61. The molecule has 0 radical (unpaired) electrons. The predicted octanol–water partition coefficient (Wildman–Crippen LogP) is 5.03. The summed E-state index contributed by atoms with van der Waals surface area (Å²) in [5.74, 6) is -0.828. The Morgan fingerprint density at radius 3 is 2.72 bits per heavy atom. The van der Waals surface area contributed by atoms with E-state index in [4.69, 9.17) is 32.7 Å². The van der Waals surface area contributed by atoms with Crippen molar-refractivity contribution in [2.24, 2.45) is 0 Å². The Hall–Kier alpha value is -2.08. The van der Waals surface area contributed by atoms with Crippen molar-refractivity contribution in [3.63, 3.8) is 0 Å². The van der Waals surface area contributed by atoms with Crippen LogP contribution in [0.15, 0.2) is 30.3 Å². The molecule has 154 valence electrons. The highest BCUT2D eigenvalue weighted by Gasteiger charge is 2.21. The van der Waals surface area contributed by atoms with E-state index < -0.39 is 5.97 Å². The maximum absolute atomic E-state index is 12.6. The maximum atomic E-state index is 12.6. The van der Waals surface area contributed by atoms with Crippen LogP contribution in [0.1, 0.15) is 40.2 Å². The van der Waals surface area contributed by atoms with Crippen LogP contribution in [0.4, 0.5) is 0 Å². The third-order valence-corrected chi connectivity index (χ3v) is 5.72. The highest BCUT2D eigenvalue weighted by molar-refractivity contribution is 6.42. The molecule has 0 spiro atoms. The van der Waals surface area contributed by atoms with Gasteiger partial charge in [-0.25, -0.2) is 4.79 Å². The van der Waals surface area contributed by atoms with Crippen molar-refractivity contribution in [1.29, 1.82) is 0 Å². The van der Waals surface area contributed by atoms with Gasteiger partial charge in [-0.2, -0.15) is 0 Å². The highest BCUT2D eigenvalue weighted by atomic mass is 35.5. The molecular formula is C22H23Cl2NO4. The van der Waals surface area contributed by atoms with Crippen LogP contribution < -0.4 is 0 Å². The summed E-state index contributed by atoms with van der Waals surface area (Å²) in [7, 11) is 0. The number of hydrogen-bond donors (Lipinski definition) is 0. The van der Waals surface area contributed by atoms with Crippen LogP contribution in [-0.2, 0) is 20.8 Å². The second-order valence-electron chi connectivity index (χ2n) is 7.07. The first-order valence-electron chi connectivity index (χ1n) is 9.46. The van der Waals surface area contributed by atoms with E-state index in [0.29, 0.717) is 21.2 Å². The fourth-order valence-corrected chi connectivity index (χ4v) is 3.71. The summed E-state index contributed by atoms with van der Waals surface area (Å²) in [6.07, 6.45) is 5.10. The summed E-state index contributed by atoms with van der Waals surface area (Å²) in [5.41, 5.74) is 3.14. The Bertz CT molecular complexity index is 943. The number of ketones is 1. The van der Waals surface area contributed by atoms with Gasteiger partial charge in [-0.15, -0.1) is 0 Å². The van der Waals surface area contributed by atoms with E-state index in [9.17, 15) is 9.59 Å². The van der Waals surface area contributed by atoms with Crippen LogP contribution in [0.5, 0.6) is 0 Å². The molecule has 7 heteroatoms. The van der Waals surface area contributed by atoms with E-state index in [-0.39, 0.29) is 18.5 Å². The Morgan fingerprint density at radius 2 is 2.03 bits per heavy atom. The molecule has 0 amide bonds. The largest absolute Gasteiger partial charge is 0.454 e. The quantitative estimate of drug-likeness (QED) is 0.347. The van der Waals surface area contributed by atoms with Crippen molar-refractivity contribution in [2.45, 2.75) is 39.3 Å². The van der Waals surface area contributed by atoms with E-state index in [2.05, 4.69) is 4.57 Å². The van der Waals surface area contributed by atoms with E-state index in [1.165, 1.54) is 6.08 Å². The average molecular weight is 436 g/mol. The smallest absolute Gasteiger partial charge is 0.331 e. The number of esters is 1. The molecule has 1 aliphatic heterocycles. The molecule has 1 saturated heterocycles. The van der Waals surface area contributed by atoms with Gasteiger partial charge in [0.2, 0.25) is 5.78 Å². The first-order valence-corrected chi connectivity index (χ1v) is 10.2. The number of nitrogens with zero attached hydrogens (tertiary/aromatic N) is 1. The summed E-state index contributed by atoms with van der Waals surface area (Å²) in [4.78, 5) is 24.5. The van der Waals surface area contributed by atoms with Gasteiger partial charge in [0, 0.05) is 36.2 Å². The van der Waals surface area contributed by atoms with E-state index in [1.807, 2.05) is 19.9 Å². The lowest BCUT2D eigenvalue weighted by molar-refractivity contribution is -0.136. The number of carbonyl (C=O) groups excluding carboxylic acids is 2. The fourth-order valence-electron chi connectivity index (χ4n) is 3.40. The topological polar surface area (TPSA) is 57.5 Å². The number of ether oxygens (including phenoxy) is 2. The summed E-state index contributed by atoms with van der Waals surface area (Å²) in [6.45, 7) is 5.08. The lowest BCUT2D eigenvalue weighted by Gasteiger charge is -2.14. The Kier molecular flexibility index (Phi) is 7.17. The average Bonchev–Trinajstić information content (AvgIpc) is 3.31. The zero-order chi connectivity index (χ0) is 21.0. The van der Waals surface area contributed by atoms with E-state index in [1.54, 1.807) is 24.3 Å². The summed E-state index contributed by atoms with van der Waals surface area (Å²) < 4.78 is 12.9. The van der Waals surface area contributed by atoms with Gasteiger partial charge in [-0.05, 0) is 56.5 Å². The number of rotatable bonds is 7. The fraction of sp³-hybridized carbons (Fsp3) is 0.364. The highest BCUT2D eigenvalue weighted by Crippen LogP contribution is 2.23. The van der Waals surface area contributed by atoms with Gasteiger partial charge in [0.25, 0.3) is 0 Å². The number of halogens is 2. The van der Waals surface area contributed by atoms with Gasteiger partial charge in [0.15, 0.2) is 6.61 Å². The monoisotopic (exact) mass is 435 g/mol. The molecule has 1 unspecified atom stereocenters. The summed E-state index contributed by atoms with van der Waals surface area (Å²) in [6, 6.07) is 6.85. The molecule has 1 aromatic heterocycles. The molecule has 0 saturated carbocycles. The SMILES string of the molecule is Cc1cc(C(=O)COC(=O)C=Cc2ccc(Cl)c(Cl)c2)c(C)n1CC1CCCO1. The molecule has 1 fully saturated rings. The number of Topliss-reactive ketones (excluding diaryl/α,β-unsaturated/α-hetero) is 1. The van der Waals surface area contributed by atoms with Crippen LogP contribution in [0.25, 0.3) is 6.08 Å². The zero-order valence-electron chi connectivity index (χ0n) is 16.4. The molecule has 1 atom stereocenters. The normalized spacial score (nSPS) is 16.5. The van der Waals surface area contributed by atoms with Crippen molar-refractivity contribution >= 4 is 41.0 Å². The number of benzene rings is 1. The molecule has 3 rings (SSSR count). The second-order valence-corrected chi connectivity index (χ2v) is 7.88. The van der Waals surface area contributed by atoms with Gasteiger partial charge >= 0.3 is 5.97 Å². The predicted molar refractivity (Wildman–Crippen MR) is 114 cm³/mol. The van der Waals surface area contributed by atoms with Gasteiger partial charge < -0.3 is 14.0 Å². The first kappa shape index (κ1) is 21.6. The molecular weight excluding hydrogens is 413 g/mol. The lowest BCUT2D eigenvalue weighted by Crippen LogP contribution is -2.18. The summed E-state index contributed by atoms with van der Waals surface area (Å²) in [5, 5.41) is 0.838. The zero-order valence-corrected chi connectivity index (χ0v) is 17.9. The number of hydrogen-bond acceptors (Lipinski definition) is 4. The maximum Gasteiger partial charge on any atom is 0.331 e. The van der Waals surface area contributed by atoms with E-state index in [0.717, 1.165) is 37.4 Å². The van der Waals surface area contributed by atoms with Gasteiger partial charge in [-0.1, -0.05) is 29.3 Å². The van der Waals surface area contributed by atoms with Crippen molar-refractivity contribution in [2.75, 3.05) is 13.2 Å². The number of carbonyl (C=O) groups is 2. The summed E-state index contributed by atoms with van der Waals surface area (Å²) >= 11 is 11.8. The van der Waals surface area contributed by atoms with Crippen LogP contribution in [0.3, 0.4) is 0 Å². The third-order valence-electron chi connectivity index (χ3n) is 4.99. The minimum Gasteiger partial charge on any atom is -0.454 e. The third kappa shape index (κ3) is 5.50. The Labute approximate surface area is 180 Å². The minimum atomic E-state index is -0.599. The van der Waals surface area contributed by atoms with Crippen molar-refractivity contribution in [1.82, 2.24) is 4.57 Å². The van der Waals surface area contributed by atoms with Gasteiger partial charge in [-0.3, -0.25) is 4.79 Å². The van der Waals surface area contributed by atoms with Crippen molar-refractivity contribution in [3.8, 4) is 0 Å². The number of aryl methyl sites for hydroxylation is 1. The molecule has 2 aromatic rings. The van der Waals surface area contributed by atoms with Crippen LogP contribution in [0.2, 0.25) is 10.0 Å². The number of aromatic nitrogens is 1.